The van der Waals surface area contributed by atoms with Crippen molar-refractivity contribution in [1.82, 2.24) is 5.16 Å². The number of halogens is 1. The molecule has 0 amide bonds. The second-order valence-electron chi connectivity index (χ2n) is 4.51. The van der Waals surface area contributed by atoms with Crippen molar-refractivity contribution >= 4 is 5.88 Å². The summed E-state index contributed by atoms with van der Waals surface area (Å²) in [6.07, 6.45) is 0. The maximum Gasteiger partial charge on any atom is 0.230 e. The van der Waals surface area contributed by atoms with Crippen molar-refractivity contribution < 1.29 is 13.7 Å². The fraction of sp³-hybridized carbons (Fsp3) is 0.0625. The number of hydrogen-bond acceptors (Lipinski definition) is 4. The summed E-state index contributed by atoms with van der Waals surface area (Å²) in [6, 6.07) is 13.5. The third-order valence-electron chi connectivity index (χ3n) is 3.17. The van der Waals surface area contributed by atoms with Crippen LogP contribution in [0.25, 0.3) is 22.4 Å². The number of ether oxygens (including phenoxy) is 1. The van der Waals surface area contributed by atoms with Crippen LogP contribution in [0, 0.1) is 5.82 Å². The van der Waals surface area contributed by atoms with Crippen molar-refractivity contribution in [3.05, 3.63) is 54.3 Å². The zero-order valence-electron chi connectivity index (χ0n) is 11.3. The summed E-state index contributed by atoms with van der Waals surface area (Å²) >= 11 is 0. The van der Waals surface area contributed by atoms with Crippen LogP contribution in [0.15, 0.2) is 53.1 Å². The molecule has 0 aliphatic rings. The molecule has 0 fully saturated rings. The smallest absolute Gasteiger partial charge is 0.230 e. The molecule has 1 aromatic heterocycles. The highest BCUT2D eigenvalue weighted by molar-refractivity contribution is 5.87. The maximum atomic E-state index is 13.4. The average Bonchev–Trinajstić information content (AvgIpc) is 2.89. The summed E-state index contributed by atoms with van der Waals surface area (Å²) in [7, 11) is 1.59. The zero-order chi connectivity index (χ0) is 14.8. The standard InChI is InChI=1S/C16H13FN2O2/c1-20-13-7-3-5-11(9-13)15-14(16(18)21-19-15)10-4-2-6-12(17)8-10/h2-9H,18H2,1H3. The summed E-state index contributed by atoms with van der Waals surface area (Å²) in [4.78, 5) is 0. The SMILES string of the molecule is COc1cccc(-c2noc(N)c2-c2cccc(F)c2)c1. The van der Waals surface area contributed by atoms with Gasteiger partial charge in [-0.25, -0.2) is 4.39 Å². The van der Waals surface area contributed by atoms with E-state index in [1.54, 1.807) is 19.2 Å². The van der Waals surface area contributed by atoms with Gasteiger partial charge in [-0.2, -0.15) is 0 Å². The third kappa shape index (κ3) is 2.45. The Kier molecular flexibility index (Phi) is 3.31. The first-order valence-corrected chi connectivity index (χ1v) is 6.34. The lowest BCUT2D eigenvalue weighted by molar-refractivity contribution is 0.415. The zero-order valence-corrected chi connectivity index (χ0v) is 11.3. The number of nitrogen functional groups attached to an aromatic ring is 1. The molecule has 0 saturated carbocycles. The summed E-state index contributed by atoms with van der Waals surface area (Å²) in [5, 5.41) is 3.99. The fourth-order valence-electron chi connectivity index (χ4n) is 2.19. The number of nitrogens with zero attached hydrogens (tertiary/aromatic N) is 1. The van der Waals surface area contributed by atoms with Gasteiger partial charge in [-0.05, 0) is 29.8 Å². The predicted molar refractivity (Wildman–Crippen MR) is 78.3 cm³/mol. The van der Waals surface area contributed by atoms with Crippen molar-refractivity contribution in [2.45, 2.75) is 0 Å². The van der Waals surface area contributed by atoms with Gasteiger partial charge in [0.1, 0.15) is 17.3 Å². The van der Waals surface area contributed by atoms with Gasteiger partial charge < -0.3 is 15.0 Å². The highest BCUT2D eigenvalue weighted by Crippen LogP contribution is 2.37. The maximum absolute atomic E-state index is 13.4. The lowest BCUT2D eigenvalue weighted by atomic mass is 10.0. The molecule has 5 heteroatoms. The van der Waals surface area contributed by atoms with Gasteiger partial charge in [0, 0.05) is 5.56 Å². The van der Waals surface area contributed by atoms with Crippen LogP contribution in [0.2, 0.25) is 0 Å². The molecule has 0 bridgehead atoms. The van der Waals surface area contributed by atoms with E-state index < -0.39 is 0 Å². The van der Waals surface area contributed by atoms with Crippen LogP contribution in [0.3, 0.4) is 0 Å². The van der Waals surface area contributed by atoms with Gasteiger partial charge in [0.05, 0.1) is 12.7 Å². The van der Waals surface area contributed by atoms with E-state index in [-0.39, 0.29) is 11.7 Å². The van der Waals surface area contributed by atoms with Crippen molar-refractivity contribution in [2.24, 2.45) is 0 Å². The van der Waals surface area contributed by atoms with Crippen LogP contribution in [0.1, 0.15) is 0 Å². The van der Waals surface area contributed by atoms with E-state index in [9.17, 15) is 4.39 Å². The molecule has 0 spiro atoms. The van der Waals surface area contributed by atoms with Gasteiger partial charge >= 0.3 is 0 Å². The molecule has 21 heavy (non-hydrogen) atoms. The molecule has 0 radical (unpaired) electrons. The van der Waals surface area contributed by atoms with Crippen LogP contribution in [0.5, 0.6) is 5.75 Å². The molecule has 2 N–H and O–H groups in total. The van der Waals surface area contributed by atoms with E-state index in [1.807, 2.05) is 24.3 Å². The molecule has 4 nitrogen and oxygen atoms in total. The van der Waals surface area contributed by atoms with Gasteiger partial charge in [0.15, 0.2) is 0 Å². The second-order valence-corrected chi connectivity index (χ2v) is 4.51. The van der Waals surface area contributed by atoms with Crippen LogP contribution < -0.4 is 10.5 Å². The van der Waals surface area contributed by atoms with Gasteiger partial charge in [-0.15, -0.1) is 0 Å². The van der Waals surface area contributed by atoms with E-state index in [0.717, 1.165) is 5.56 Å². The fourth-order valence-corrected chi connectivity index (χ4v) is 2.19. The van der Waals surface area contributed by atoms with Gasteiger partial charge in [-0.3, -0.25) is 0 Å². The third-order valence-corrected chi connectivity index (χ3v) is 3.17. The Morgan fingerprint density at radius 2 is 1.86 bits per heavy atom. The largest absolute Gasteiger partial charge is 0.497 e. The average molecular weight is 284 g/mol. The monoisotopic (exact) mass is 284 g/mol. The number of anilines is 1. The minimum atomic E-state index is -0.343. The number of benzene rings is 2. The lowest BCUT2D eigenvalue weighted by Gasteiger charge is -2.05. The first-order chi connectivity index (χ1) is 10.2. The quantitative estimate of drug-likeness (QED) is 0.796. The molecule has 0 aliphatic carbocycles. The molecule has 0 saturated heterocycles. The minimum absolute atomic E-state index is 0.151. The first kappa shape index (κ1) is 13.2. The van der Waals surface area contributed by atoms with Crippen LogP contribution in [-0.2, 0) is 0 Å². The number of rotatable bonds is 3. The van der Waals surface area contributed by atoms with E-state index in [4.69, 9.17) is 15.0 Å². The highest BCUT2D eigenvalue weighted by Gasteiger charge is 2.18. The van der Waals surface area contributed by atoms with E-state index in [0.29, 0.717) is 22.6 Å². The molecular weight excluding hydrogens is 271 g/mol. The molecule has 3 aromatic rings. The Labute approximate surface area is 120 Å². The normalized spacial score (nSPS) is 10.6. The van der Waals surface area contributed by atoms with Gasteiger partial charge in [-0.1, -0.05) is 29.4 Å². The number of aromatic nitrogens is 1. The molecule has 2 aromatic carbocycles. The summed E-state index contributed by atoms with van der Waals surface area (Å²) in [6.45, 7) is 0. The molecule has 0 aliphatic heterocycles. The molecule has 3 rings (SSSR count). The Morgan fingerprint density at radius 1 is 1.10 bits per heavy atom. The Balaban J connectivity index is 2.17. The van der Waals surface area contributed by atoms with E-state index in [1.165, 1.54) is 12.1 Å². The number of hydrogen-bond donors (Lipinski definition) is 1. The van der Waals surface area contributed by atoms with Gasteiger partial charge in [0.25, 0.3) is 0 Å². The summed E-state index contributed by atoms with van der Waals surface area (Å²) < 4.78 is 23.7. The lowest BCUT2D eigenvalue weighted by Crippen LogP contribution is -1.89. The molecule has 0 unspecified atom stereocenters. The van der Waals surface area contributed by atoms with Crippen molar-refractivity contribution in [3.8, 4) is 28.1 Å². The minimum Gasteiger partial charge on any atom is -0.497 e. The second kappa shape index (κ2) is 5.28. The Bertz CT molecular complexity index is 783. The van der Waals surface area contributed by atoms with Crippen LogP contribution in [0.4, 0.5) is 10.3 Å². The van der Waals surface area contributed by atoms with Crippen molar-refractivity contribution in [2.75, 3.05) is 12.8 Å². The van der Waals surface area contributed by atoms with Crippen LogP contribution >= 0.6 is 0 Å². The molecule has 1 heterocycles. The Morgan fingerprint density at radius 3 is 2.62 bits per heavy atom. The van der Waals surface area contributed by atoms with Crippen molar-refractivity contribution in [1.29, 1.82) is 0 Å². The number of methoxy groups -OCH3 is 1. The molecule has 0 atom stereocenters. The number of nitrogens with two attached hydrogens (primary N) is 1. The van der Waals surface area contributed by atoms with Crippen LogP contribution in [-0.4, -0.2) is 12.3 Å². The predicted octanol–water partition coefficient (Wildman–Crippen LogP) is 3.74. The van der Waals surface area contributed by atoms with Gasteiger partial charge in [0.2, 0.25) is 5.88 Å². The molecular formula is C16H13FN2O2. The van der Waals surface area contributed by atoms with E-state index in [2.05, 4.69) is 5.16 Å². The summed E-state index contributed by atoms with van der Waals surface area (Å²) in [5.74, 6) is 0.502. The highest BCUT2D eigenvalue weighted by atomic mass is 19.1. The first-order valence-electron chi connectivity index (χ1n) is 6.34. The summed E-state index contributed by atoms with van der Waals surface area (Å²) in [5.41, 5.74) is 8.38. The van der Waals surface area contributed by atoms with E-state index >= 15 is 0 Å². The van der Waals surface area contributed by atoms with Crippen molar-refractivity contribution in [3.63, 3.8) is 0 Å². The Hall–Kier alpha value is -2.82. The molecule has 106 valence electrons. The topological polar surface area (TPSA) is 61.3 Å².